The van der Waals surface area contributed by atoms with Gasteiger partial charge in [0.2, 0.25) is 0 Å². The van der Waals surface area contributed by atoms with Gasteiger partial charge in [0, 0.05) is 29.0 Å². The van der Waals surface area contributed by atoms with Gasteiger partial charge in [0.15, 0.2) is 0 Å². The van der Waals surface area contributed by atoms with Crippen molar-refractivity contribution in [3.05, 3.63) is 63.9 Å². The van der Waals surface area contributed by atoms with Crippen molar-refractivity contribution < 1.29 is 14.8 Å². The molecule has 0 radical (unpaired) electrons. The minimum atomic E-state index is -1.06. The van der Waals surface area contributed by atoms with Crippen LogP contribution in [0.1, 0.15) is 34.8 Å². The second kappa shape index (κ2) is 5.48. The van der Waals surface area contributed by atoms with Crippen LogP contribution in [0.25, 0.3) is 10.9 Å². The summed E-state index contributed by atoms with van der Waals surface area (Å²) in [4.78, 5) is 24.9. The normalized spacial score (nSPS) is 17.5. The fourth-order valence-corrected chi connectivity index (χ4v) is 2.85. The molecule has 0 aliphatic heterocycles. The lowest BCUT2D eigenvalue weighted by atomic mass is 9.91. The highest BCUT2D eigenvalue weighted by molar-refractivity contribution is 5.98. The van der Waals surface area contributed by atoms with Crippen LogP contribution in [-0.4, -0.2) is 21.0 Å². The molecule has 1 aliphatic carbocycles. The monoisotopic (exact) mass is 298 g/mol. The first-order chi connectivity index (χ1) is 10.6. The molecule has 2 N–H and O–H groups in total. The number of aromatic amines is 1. The van der Waals surface area contributed by atoms with Crippen molar-refractivity contribution in [1.29, 1.82) is 0 Å². The van der Waals surface area contributed by atoms with E-state index in [-0.39, 0.29) is 17.3 Å². The molecule has 0 fully saturated rings. The number of nitro benzene ring substituents is 1. The van der Waals surface area contributed by atoms with Crippen molar-refractivity contribution in [2.45, 2.75) is 18.8 Å². The first kappa shape index (κ1) is 14.1. The second-order valence-electron chi connectivity index (χ2n) is 5.20. The van der Waals surface area contributed by atoms with E-state index in [0.29, 0.717) is 16.5 Å². The maximum absolute atomic E-state index is 11.5. The van der Waals surface area contributed by atoms with Gasteiger partial charge in [0.1, 0.15) is 5.69 Å². The predicted molar refractivity (Wildman–Crippen MR) is 82.2 cm³/mol. The molecule has 3 rings (SSSR count). The lowest BCUT2D eigenvalue weighted by molar-refractivity contribution is -0.384. The summed E-state index contributed by atoms with van der Waals surface area (Å²) in [7, 11) is 0. The molecule has 2 aromatic rings. The molecule has 0 saturated carbocycles. The number of nitro groups is 1. The van der Waals surface area contributed by atoms with E-state index in [1.54, 1.807) is 6.07 Å². The number of fused-ring (bicyclic) bond motifs is 1. The largest absolute Gasteiger partial charge is 0.477 e. The molecule has 1 aliphatic rings. The predicted octanol–water partition coefficient (Wildman–Crippen LogP) is 3.76. The number of H-pyrrole nitrogens is 1. The average Bonchev–Trinajstić information content (AvgIpc) is 2.67. The van der Waals surface area contributed by atoms with Gasteiger partial charge in [0.25, 0.3) is 5.69 Å². The van der Waals surface area contributed by atoms with Crippen LogP contribution in [0.3, 0.4) is 0 Å². The number of aromatic carboxylic acids is 1. The molecule has 112 valence electrons. The highest BCUT2D eigenvalue weighted by Gasteiger charge is 2.24. The van der Waals surface area contributed by atoms with Gasteiger partial charge < -0.3 is 10.1 Å². The van der Waals surface area contributed by atoms with Crippen LogP contribution in [0.5, 0.6) is 0 Å². The molecule has 1 unspecified atom stereocenters. The van der Waals surface area contributed by atoms with Gasteiger partial charge in [0.05, 0.1) is 4.92 Å². The Balaban J connectivity index is 2.23. The minimum absolute atomic E-state index is 0.0413. The first-order valence-electron chi connectivity index (χ1n) is 6.94. The summed E-state index contributed by atoms with van der Waals surface area (Å²) >= 11 is 0. The molecule has 1 heterocycles. The number of carboxylic acids is 1. The summed E-state index contributed by atoms with van der Waals surface area (Å²) in [6.45, 7) is 0. The zero-order valence-corrected chi connectivity index (χ0v) is 11.7. The van der Waals surface area contributed by atoms with E-state index in [9.17, 15) is 20.0 Å². The highest BCUT2D eigenvalue weighted by atomic mass is 16.6. The van der Waals surface area contributed by atoms with Crippen molar-refractivity contribution in [2.24, 2.45) is 0 Å². The Morgan fingerprint density at radius 2 is 2.18 bits per heavy atom. The van der Waals surface area contributed by atoms with E-state index in [1.807, 2.05) is 24.3 Å². The van der Waals surface area contributed by atoms with E-state index in [4.69, 9.17) is 0 Å². The average molecular weight is 298 g/mol. The van der Waals surface area contributed by atoms with Crippen LogP contribution < -0.4 is 0 Å². The second-order valence-corrected chi connectivity index (χ2v) is 5.20. The lowest BCUT2D eigenvalue weighted by Gasteiger charge is -2.11. The van der Waals surface area contributed by atoms with Gasteiger partial charge in [-0.05, 0) is 24.5 Å². The molecule has 1 atom stereocenters. The Bertz CT molecular complexity index is 817. The van der Waals surface area contributed by atoms with Crippen LogP contribution >= 0.6 is 0 Å². The topological polar surface area (TPSA) is 96.2 Å². The third kappa shape index (κ3) is 2.39. The minimum Gasteiger partial charge on any atom is -0.477 e. The quantitative estimate of drug-likeness (QED) is 0.666. The summed E-state index contributed by atoms with van der Waals surface area (Å²) in [6.07, 6.45) is 9.38. The Hall–Kier alpha value is -2.89. The number of nitrogens with zero attached hydrogens (tertiary/aromatic N) is 1. The molecule has 6 heteroatoms. The molecule has 1 aromatic heterocycles. The van der Waals surface area contributed by atoms with E-state index in [0.717, 1.165) is 12.8 Å². The van der Waals surface area contributed by atoms with Gasteiger partial charge in [-0.2, -0.15) is 0 Å². The number of carboxylic acid groups (broad SMARTS) is 1. The third-order valence-electron chi connectivity index (χ3n) is 3.85. The maximum atomic E-state index is 11.5. The molecule has 6 nitrogen and oxygen atoms in total. The summed E-state index contributed by atoms with van der Waals surface area (Å²) in [5, 5.41) is 21.0. The Morgan fingerprint density at radius 3 is 2.91 bits per heavy atom. The Labute approximate surface area is 125 Å². The van der Waals surface area contributed by atoms with Gasteiger partial charge >= 0.3 is 5.97 Å². The fourth-order valence-electron chi connectivity index (χ4n) is 2.85. The number of allylic oxidation sites excluding steroid dienone is 4. The third-order valence-corrected chi connectivity index (χ3v) is 3.85. The Kier molecular flexibility index (Phi) is 3.50. The molecule has 0 saturated heterocycles. The Morgan fingerprint density at radius 1 is 1.36 bits per heavy atom. The van der Waals surface area contributed by atoms with E-state index < -0.39 is 10.9 Å². The van der Waals surface area contributed by atoms with Crippen molar-refractivity contribution in [3.63, 3.8) is 0 Å². The van der Waals surface area contributed by atoms with Crippen LogP contribution in [0.4, 0.5) is 5.69 Å². The zero-order valence-electron chi connectivity index (χ0n) is 11.7. The molecular formula is C16H14N2O4. The van der Waals surface area contributed by atoms with Gasteiger partial charge in [-0.3, -0.25) is 10.1 Å². The van der Waals surface area contributed by atoms with Crippen molar-refractivity contribution in [2.75, 3.05) is 0 Å². The van der Waals surface area contributed by atoms with Crippen molar-refractivity contribution >= 4 is 22.6 Å². The van der Waals surface area contributed by atoms with E-state index >= 15 is 0 Å². The van der Waals surface area contributed by atoms with Crippen LogP contribution in [0.2, 0.25) is 0 Å². The number of hydrogen-bond donors (Lipinski definition) is 2. The number of non-ortho nitro benzene ring substituents is 1. The molecule has 0 bridgehead atoms. The summed E-state index contributed by atoms with van der Waals surface area (Å²) in [5.41, 5.74) is 1.28. The molecule has 22 heavy (non-hydrogen) atoms. The van der Waals surface area contributed by atoms with Crippen LogP contribution in [0.15, 0.2) is 42.5 Å². The summed E-state index contributed by atoms with van der Waals surface area (Å²) in [6, 6.07) is 4.38. The van der Waals surface area contributed by atoms with Gasteiger partial charge in [-0.1, -0.05) is 24.3 Å². The summed E-state index contributed by atoms with van der Waals surface area (Å²) < 4.78 is 0. The fraction of sp³-hybridized carbons (Fsp3) is 0.188. The molecular weight excluding hydrogens is 284 g/mol. The molecule has 0 amide bonds. The number of rotatable bonds is 3. The molecule has 0 spiro atoms. The van der Waals surface area contributed by atoms with Gasteiger partial charge in [-0.25, -0.2) is 4.79 Å². The zero-order chi connectivity index (χ0) is 15.7. The van der Waals surface area contributed by atoms with Crippen LogP contribution in [-0.2, 0) is 0 Å². The molecule has 1 aromatic carbocycles. The number of benzene rings is 1. The standard InChI is InChI=1S/C16H14N2O4/c19-16(20)15-14(10-5-3-1-2-4-6-10)12-9-11(18(21)22)7-8-13(12)17-15/h1-3,5,7-10,17H,4,6H2,(H,19,20). The van der Waals surface area contributed by atoms with Gasteiger partial charge in [-0.15, -0.1) is 0 Å². The lowest BCUT2D eigenvalue weighted by Crippen LogP contribution is -2.05. The van der Waals surface area contributed by atoms with Crippen molar-refractivity contribution in [3.8, 4) is 0 Å². The number of nitrogens with one attached hydrogen (secondary N) is 1. The highest BCUT2D eigenvalue weighted by Crippen LogP contribution is 2.35. The number of aromatic nitrogens is 1. The van der Waals surface area contributed by atoms with Crippen molar-refractivity contribution in [1.82, 2.24) is 4.98 Å². The number of carbonyl (C=O) groups is 1. The first-order valence-corrected chi connectivity index (χ1v) is 6.94. The van der Waals surface area contributed by atoms with E-state index in [1.165, 1.54) is 12.1 Å². The number of hydrogen-bond acceptors (Lipinski definition) is 3. The smallest absolute Gasteiger partial charge is 0.352 e. The maximum Gasteiger partial charge on any atom is 0.352 e. The summed E-state index contributed by atoms with van der Waals surface area (Å²) in [5.74, 6) is -1.14. The SMILES string of the molecule is O=C(O)c1[nH]c2ccc([N+](=O)[O-])cc2c1C1C=CC=CCC1. The van der Waals surface area contributed by atoms with E-state index in [2.05, 4.69) is 4.98 Å². The van der Waals surface area contributed by atoms with Crippen LogP contribution in [0, 0.1) is 10.1 Å².